The van der Waals surface area contributed by atoms with Gasteiger partial charge in [-0.3, -0.25) is 5.43 Å². The Morgan fingerprint density at radius 1 is 1.04 bits per heavy atom. The SMILES string of the molecule is COc1ccc(-n2cccc2/C=N/NC(=S)Nc2ccccc2)cc1. The van der Waals surface area contributed by atoms with E-state index in [1.54, 1.807) is 13.3 Å². The largest absolute Gasteiger partial charge is 0.497 e. The summed E-state index contributed by atoms with van der Waals surface area (Å²) in [6.07, 6.45) is 3.70. The average Bonchev–Trinajstić information content (AvgIpc) is 3.11. The van der Waals surface area contributed by atoms with Crippen molar-refractivity contribution in [3.05, 3.63) is 78.6 Å². The highest BCUT2D eigenvalue weighted by atomic mass is 32.1. The molecule has 0 saturated heterocycles. The Labute approximate surface area is 151 Å². The summed E-state index contributed by atoms with van der Waals surface area (Å²) in [5.41, 5.74) is 5.69. The maximum Gasteiger partial charge on any atom is 0.191 e. The predicted octanol–water partition coefficient (Wildman–Crippen LogP) is 3.81. The molecular formula is C19H18N4OS. The lowest BCUT2D eigenvalue weighted by molar-refractivity contribution is 0.415. The van der Waals surface area contributed by atoms with Crippen LogP contribution in [0.15, 0.2) is 78.0 Å². The topological polar surface area (TPSA) is 50.6 Å². The number of rotatable bonds is 5. The molecule has 0 amide bonds. The van der Waals surface area contributed by atoms with E-state index in [9.17, 15) is 0 Å². The highest BCUT2D eigenvalue weighted by molar-refractivity contribution is 7.80. The second-order valence-electron chi connectivity index (χ2n) is 5.19. The van der Waals surface area contributed by atoms with Crippen molar-refractivity contribution in [2.45, 2.75) is 0 Å². The molecule has 2 N–H and O–H groups in total. The highest BCUT2D eigenvalue weighted by Crippen LogP contribution is 2.16. The molecule has 0 atom stereocenters. The smallest absolute Gasteiger partial charge is 0.191 e. The molecule has 1 aromatic heterocycles. The Hall–Kier alpha value is -3.12. The Kier molecular flexibility index (Phi) is 5.43. The van der Waals surface area contributed by atoms with Gasteiger partial charge in [-0.15, -0.1) is 0 Å². The van der Waals surface area contributed by atoms with Gasteiger partial charge in [-0.2, -0.15) is 5.10 Å². The van der Waals surface area contributed by atoms with E-state index in [4.69, 9.17) is 17.0 Å². The molecule has 2 aromatic carbocycles. The molecule has 0 aliphatic heterocycles. The van der Waals surface area contributed by atoms with Crippen molar-refractivity contribution in [3.63, 3.8) is 0 Å². The molecule has 0 saturated carbocycles. The van der Waals surface area contributed by atoms with Gasteiger partial charge >= 0.3 is 0 Å². The number of hydrogen-bond donors (Lipinski definition) is 2. The number of thiocarbonyl (C=S) groups is 1. The van der Waals surface area contributed by atoms with Crippen LogP contribution in [0.1, 0.15) is 5.69 Å². The maximum atomic E-state index is 5.23. The van der Waals surface area contributed by atoms with Crippen LogP contribution in [-0.4, -0.2) is 23.0 Å². The summed E-state index contributed by atoms with van der Waals surface area (Å²) in [4.78, 5) is 0. The van der Waals surface area contributed by atoms with E-state index in [2.05, 4.69) is 15.8 Å². The van der Waals surface area contributed by atoms with Crippen LogP contribution < -0.4 is 15.5 Å². The van der Waals surface area contributed by atoms with Gasteiger partial charge in [-0.05, 0) is 60.7 Å². The number of ether oxygens (including phenoxy) is 1. The minimum atomic E-state index is 0.435. The fourth-order valence-corrected chi connectivity index (χ4v) is 2.49. The first-order valence-electron chi connectivity index (χ1n) is 7.73. The van der Waals surface area contributed by atoms with Crippen LogP contribution in [0.2, 0.25) is 0 Å². The number of anilines is 1. The van der Waals surface area contributed by atoms with Gasteiger partial charge in [0, 0.05) is 17.6 Å². The Morgan fingerprint density at radius 2 is 1.80 bits per heavy atom. The molecule has 0 radical (unpaired) electrons. The molecule has 0 fully saturated rings. The van der Waals surface area contributed by atoms with E-state index < -0.39 is 0 Å². The summed E-state index contributed by atoms with van der Waals surface area (Å²) >= 11 is 5.23. The van der Waals surface area contributed by atoms with Crippen molar-refractivity contribution < 1.29 is 4.74 Å². The van der Waals surface area contributed by atoms with E-state index in [0.29, 0.717) is 5.11 Å². The first-order chi connectivity index (χ1) is 12.3. The first kappa shape index (κ1) is 16.7. The van der Waals surface area contributed by atoms with Gasteiger partial charge in [0.1, 0.15) is 5.75 Å². The molecule has 0 spiro atoms. The molecule has 0 unspecified atom stereocenters. The van der Waals surface area contributed by atoms with E-state index in [1.165, 1.54) is 0 Å². The summed E-state index contributed by atoms with van der Waals surface area (Å²) in [5.74, 6) is 0.824. The molecule has 0 aliphatic carbocycles. The molecule has 25 heavy (non-hydrogen) atoms. The number of aromatic nitrogens is 1. The third-order valence-corrected chi connectivity index (χ3v) is 3.72. The number of para-hydroxylation sites is 1. The number of hydrazone groups is 1. The zero-order valence-electron chi connectivity index (χ0n) is 13.7. The lowest BCUT2D eigenvalue weighted by Crippen LogP contribution is -2.23. The quantitative estimate of drug-likeness (QED) is 0.417. The van der Waals surface area contributed by atoms with E-state index in [0.717, 1.165) is 22.8 Å². The van der Waals surface area contributed by atoms with Gasteiger partial charge < -0.3 is 14.6 Å². The van der Waals surface area contributed by atoms with Gasteiger partial charge in [0.25, 0.3) is 0 Å². The van der Waals surface area contributed by atoms with Crippen molar-refractivity contribution in [2.24, 2.45) is 5.10 Å². The highest BCUT2D eigenvalue weighted by Gasteiger charge is 2.02. The van der Waals surface area contributed by atoms with Crippen molar-refractivity contribution in [3.8, 4) is 11.4 Å². The second kappa shape index (κ2) is 8.12. The average molecular weight is 350 g/mol. The number of hydrogen-bond acceptors (Lipinski definition) is 3. The summed E-state index contributed by atoms with van der Waals surface area (Å²) in [6.45, 7) is 0. The molecule has 0 bridgehead atoms. The Bertz CT molecular complexity index is 857. The van der Waals surface area contributed by atoms with E-state index in [1.807, 2.05) is 77.5 Å². The minimum Gasteiger partial charge on any atom is -0.497 e. The fraction of sp³-hybridized carbons (Fsp3) is 0.0526. The predicted molar refractivity (Wildman–Crippen MR) is 106 cm³/mol. The molecule has 0 aliphatic rings. The third-order valence-electron chi connectivity index (χ3n) is 3.53. The van der Waals surface area contributed by atoms with E-state index >= 15 is 0 Å². The van der Waals surface area contributed by atoms with Crippen LogP contribution in [0, 0.1) is 0 Å². The van der Waals surface area contributed by atoms with Gasteiger partial charge in [0.15, 0.2) is 5.11 Å². The van der Waals surface area contributed by atoms with Crippen molar-refractivity contribution in [1.82, 2.24) is 9.99 Å². The summed E-state index contributed by atoms with van der Waals surface area (Å²) in [5, 5.41) is 7.71. The van der Waals surface area contributed by atoms with Gasteiger partial charge in [-0.1, -0.05) is 18.2 Å². The van der Waals surface area contributed by atoms with Crippen molar-refractivity contribution in [1.29, 1.82) is 0 Å². The summed E-state index contributed by atoms with van der Waals surface area (Å²) in [7, 11) is 1.65. The normalized spacial score (nSPS) is 10.6. The molecule has 3 rings (SSSR count). The maximum absolute atomic E-state index is 5.23. The lowest BCUT2D eigenvalue weighted by Gasteiger charge is -2.08. The van der Waals surface area contributed by atoms with Crippen molar-refractivity contribution >= 4 is 29.2 Å². The Morgan fingerprint density at radius 3 is 2.52 bits per heavy atom. The zero-order chi connectivity index (χ0) is 17.5. The van der Waals surface area contributed by atoms with Crippen LogP contribution in [0.5, 0.6) is 5.75 Å². The lowest BCUT2D eigenvalue weighted by atomic mass is 10.3. The van der Waals surface area contributed by atoms with Gasteiger partial charge in [0.05, 0.1) is 19.0 Å². The zero-order valence-corrected chi connectivity index (χ0v) is 14.5. The van der Waals surface area contributed by atoms with E-state index in [-0.39, 0.29) is 0 Å². The van der Waals surface area contributed by atoms with Crippen LogP contribution in [-0.2, 0) is 0 Å². The Balaban J connectivity index is 1.64. The molecule has 3 aromatic rings. The third kappa shape index (κ3) is 4.45. The minimum absolute atomic E-state index is 0.435. The molecular weight excluding hydrogens is 332 g/mol. The standard InChI is InChI=1S/C19H18N4OS/c1-24-18-11-9-16(10-12-18)23-13-5-8-17(23)14-20-22-19(25)21-15-6-3-2-4-7-15/h2-14H,1H3,(H2,21,22,25)/b20-14+. The molecule has 126 valence electrons. The van der Waals surface area contributed by atoms with Crippen molar-refractivity contribution in [2.75, 3.05) is 12.4 Å². The number of benzene rings is 2. The van der Waals surface area contributed by atoms with Gasteiger partial charge in [-0.25, -0.2) is 0 Å². The number of nitrogens with zero attached hydrogens (tertiary/aromatic N) is 2. The van der Waals surface area contributed by atoms with Crippen LogP contribution in [0.3, 0.4) is 0 Å². The second-order valence-corrected chi connectivity index (χ2v) is 5.60. The first-order valence-corrected chi connectivity index (χ1v) is 8.14. The summed E-state index contributed by atoms with van der Waals surface area (Å²) in [6, 6.07) is 21.5. The van der Waals surface area contributed by atoms with Crippen LogP contribution in [0.4, 0.5) is 5.69 Å². The molecule has 6 heteroatoms. The molecule has 5 nitrogen and oxygen atoms in total. The number of nitrogens with one attached hydrogen (secondary N) is 2. The summed E-state index contributed by atoms with van der Waals surface area (Å²) < 4.78 is 7.22. The molecule has 1 heterocycles. The van der Waals surface area contributed by atoms with Gasteiger partial charge in [0.2, 0.25) is 0 Å². The van der Waals surface area contributed by atoms with Crippen LogP contribution in [0.25, 0.3) is 5.69 Å². The fourth-order valence-electron chi connectivity index (χ4n) is 2.31. The monoisotopic (exact) mass is 350 g/mol. The number of methoxy groups -OCH3 is 1. The van der Waals surface area contributed by atoms with Crippen LogP contribution >= 0.6 is 12.2 Å².